The molecule has 5 nitrogen and oxygen atoms in total. The SMILES string of the molecule is O=C(CSc1nnc(-c2cccs2)o1)Nc1ccc(F)c(Cl)c1. The van der Waals surface area contributed by atoms with E-state index in [9.17, 15) is 9.18 Å². The zero-order valence-corrected chi connectivity index (χ0v) is 13.8. The minimum atomic E-state index is -0.536. The number of aromatic nitrogens is 2. The van der Waals surface area contributed by atoms with Crippen molar-refractivity contribution in [3.63, 3.8) is 0 Å². The van der Waals surface area contributed by atoms with Gasteiger partial charge in [-0.25, -0.2) is 4.39 Å². The molecule has 0 unspecified atom stereocenters. The minimum absolute atomic E-state index is 0.0482. The number of hydrogen-bond donors (Lipinski definition) is 1. The summed E-state index contributed by atoms with van der Waals surface area (Å²) in [5.41, 5.74) is 0.423. The lowest BCUT2D eigenvalue weighted by atomic mass is 10.3. The standard InChI is InChI=1S/C14H9ClFN3O2S2/c15-9-6-8(3-4-10(9)16)17-12(20)7-23-14-19-18-13(21-14)11-2-1-5-22-11/h1-6H,7H2,(H,17,20). The molecule has 0 aliphatic carbocycles. The van der Waals surface area contributed by atoms with Gasteiger partial charge < -0.3 is 9.73 Å². The van der Waals surface area contributed by atoms with E-state index in [2.05, 4.69) is 15.5 Å². The van der Waals surface area contributed by atoms with Crippen molar-refractivity contribution in [3.8, 4) is 10.8 Å². The second-order valence-corrected chi connectivity index (χ2v) is 6.60. The van der Waals surface area contributed by atoms with Crippen LogP contribution in [0.2, 0.25) is 5.02 Å². The van der Waals surface area contributed by atoms with Crippen LogP contribution in [0.15, 0.2) is 45.4 Å². The third-order valence-electron chi connectivity index (χ3n) is 2.67. The monoisotopic (exact) mass is 369 g/mol. The number of anilines is 1. The van der Waals surface area contributed by atoms with Crippen LogP contribution in [0.4, 0.5) is 10.1 Å². The average Bonchev–Trinajstić information content (AvgIpc) is 3.19. The first-order valence-corrected chi connectivity index (χ1v) is 8.61. The molecule has 1 N–H and O–H groups in total. The molecule has 0 aliphatic heterocycles. The smallest absolute Gasteiger partial charge is 0.277 e. The quantitative estimate of drug-likeness (QED) is 0.678. The normalized spacial score (nSPS) is 10.7. The van der Waals surface area contributed by atoms with Crippen LogP contribution in [0.3, 0.4) is 0 Å². The fraction of sp³-hybridized carbons (Fsp3) is 0.0714. The van der Waals surface area contributed by atoms with Crippen molar-refractivity contribution in [2.45, 2.75) is 5.22 Å². The molecule has 0 saturated carbocycles. The number of halogens is 2. The molecule has 0 spiro atoms. The number of carbonyl (C=O) groups is 1. The van der Waals surface area contributed by atoms with Crippen LogP contribution in [-0.4, -0.2) is 21.9 Å². The second kappa shape index (κ2) is 7.12. The Kier molecular flexibility index (Phi) is 4.94. The molecule has 0 atom stereocenters. The summed E-state index contributed by atoms with van der Waals surface area (Å²) in [5.74, 6) is -0.311. The predicted octanol–water partition coefficient (Wildman–Crippen LogP) is 4.32. The van der Waals surface area contributed by atoms with Crippen molar-refractivity contribution < 1.29 is 13.6 Å². The van der Waals surface area contributed by atoms with Crippen molar-refractivity contribution >= 4 is 46.3 Å². The molecule has 2 heterocycles. The topological polar surface area (TPSA) is 68.0 Å². The molecular weight excluding hydrogens is 361 g/mol. The summed E-state index contributed by atoms with van der Waals surface area (Å²) in [5, 5.41) is 12.6. The van der Waals surface area contributed by atoms with E-state index in [1.807, 2.05) is 17.5 Å². The van der Waals surface area contributed by atoms with Crippen molar-refractivity contribution in [2.75, 3.05) is 11.1 Å². The number of rotatable bonds is 5. The molecule has 1 aromatic carbocycles. The van der Waals surface area contributed by atoms with Gasteiger partial charge in [0.15, 0.2) is 0 Å². The molecule has 23 heavy (non-hydrogen) atoms. The molecule has 0 bridgehead atoms. The molecule has 0 radical (unpaired) electrons. The maximum Gasteiger partial charge on any atom is 0.277 e. The van der Waals surface area contributed by atoms with Crippen LogP contribution in [-0.2, 0) is 4.79 Å². The van der Waals surface area contributed by atoms with E-state index in [-0.39, 0.29) is 16.7 Å². The zero-order chi connectivity index (χ0) is 16.2. The van der Waals surface area contributed by atoms with Crippen molar-refractivity contribution in [1.29, 1.82) is 0 Å². The fourth-order valence-corrected chi connectivity index (χ4v) is 3.05. The van der Waals surface area contributed by atoms with Gasteiger partial charge in [-0.15, -0.1) is 21.5 Å². The van der Waals surface area contributed by atoms with Crippen LogP contribution in [0.5, 0.6) is 0 Å². The fourth-order valence-electron chi connectivity index (χ4n) is 1.67. The molecule has 1 amide bonds. The van der Waals surface area contributed by atoms with Crippen molar-refractivity contribution in [1.82, 2.24) is 10.2 Å². The van der Waals surface area contributed by atoms with E-state index in [1.165, 1.54) is 29.5 Å². The van der Waals surface area contributed by atoms with Gasteiger partial charge in [0.1, 0.15) is 5.82 Å². The Morgan fingerprint density at radius 1 is 1.39 bits per heavy atom. The zero-order valence-electron chi connectivity index (χ0n) is 11.5. The Morgan fingerprint density at radius 2 is 2.26 bits per heavy atom. The van der Waals surface area contributed by atoms with E-state index in [0.717, 1.165) is 16.6 Å². The second-order valence-electron chi connectivity index (χ2n) is 4.32. The Hall–Kier alpha value is -1.90. The Morgan fingerprint density at radius 3 is 3.00 bits per heavy atom. The van der Waals surface area contributed by atoms with E-state index in [0.29, 0.717) is 16.8 Å². The van der Waals surface area contributed by atoms with Gasteiger partial charge in [-0.1, -0.05) is 29.4 Å². The highest BCUT2D eigenvalue weighted by atomic mass is 35.5. The summed E-state index contributed by atoms with van der Waals surface area (Å²) in [6, 6.07) is 7.73. The number of benzene rings is 1. The summed E-state index contributed by atoms with van der Waals surface area (Å²) >= 11 is 8.27. The molecule has 118 valence electrons. The van der Waals surface area contributed by atoms with Gasteiger partial charge in [0.25, 0.3) is 11.1 Å². The number of nitrogens with one attached hydrogen (secondary N) is 1. The number of thioether (sulfide) groups is 1. The van der Waals surface area contributed by atoms with Crippen molar-refractivity contribution in [2.24, 2.45) is 0 Å². The lowest BCUT2D eigenvalue weighted by Gasteiger charge is -2.04. The van der Waals surface area contributed by atoms with E-state index < -0.39 is 5.82 Å². The lowest BCUT2D eigenvalue weighted by Crippen LogP contribution is -2.14. The maximum atomic E-state index is 13.0. The van der Waals surface area contributed by atoms with Gasteiger partial charge in [-0.2, -0.15) is 0 Å². The van der Waals surface area contributed by atoms with E-state index in [4.69, 9.17) is 16.0 Å². The first kappa shape index (κ1) is 16.0. The Labute approximate surface area is 143 Å². The first-order valence-electron chi connectivity index (χ1n) is 6.37. The Balaban J connectivity index is 1.55. The van der Waals surface area contributed by atoms with Crippen LogP contribution in [0.1, 0.15) is 0 Å². The molecule has 3 aromatic rings. The number of amides is 1. The summed E-state index contributed by atoms with van der Waals surface area (Å²) in [6.07, 6.45) is 0. The first-order chi connectivity index (χ1) is 11.1. The summed E-state index contributed by atoms with van der Waals surface area (Å²) < 4.78 is 18.5. The molecule has 0 aliphatic rings. The van der Waals surface area contributed by atoms with E-state index >= 15 is 0 Å². The molecule has 3 rings (SSSR count). The van der Waals surface area contributed by atoms with Crippen molar-refractivity contribution in [3.05, 3.63) is 46.6 Å². The van der Waals surface area contributed by atoms with Crippen LogP contribution in [0, 0.1) is 5.82 Å². The predicted molar refractivity (Wildman–Crippen MR) is 88.4 cm³/mol. The largest absolute Gasteiger partial charge is 0.410 e. The summed E-state index contributed by atoms with van der Waals surface area (Å²) in [6.45, 7) is 0. The van der Waals surface area contributed by atoms with E-state index in [1.54, 1.807) is 0 Å². The molecule has 2 aromatic heterocycles. The number of nitrogens with zero attached hydrogens (tertiary/aromatic N) is 2. The summed E-state index contributed by atoms with van der Waals surface area (Å²) in [7, 11) is 0. The van der Waals surface area contributed by atoms with Crippen LogP contribution < -0.4 is 5.32 Å². The lowest BCUT2D eigenvalue weighted by molar-refractivity contribution is -0.113. The third-order valence-corrected chi connectivity index (χ3v) is 4.63. The maximum absolute atomic E-state index is 13.0. The molecule has 9 heteroatoms. The van der Waals surface area contributed by atoms with Gasteiger partial charge in [0.2, 0.25) is 5.91 Å². The molecule has 0 saturated heterocycles. The average molecular weight is 370 g/mol. The van der Waals surface area contributed by atoms with Gasteiger partial charge in [0, 0.05) is 5.69 Å². The summed E-state index contributed by atoms with van der Waals surface area (Å²) in [4.78, 5) is 12.7. The van der Waals surface area contributed by atoms with Gasteiger partial charge in [0.05, 0.1) is 15.7 Å². The molecule has 0 fully saturated rings. The number of carbonyl (C=O) groups excluding carboxylic acids is 1. The highest BCUT2D eigenvalue weighted by Gasteiger charge is 2.12. The number of thiophene rings is 1. The highest BCUT2D eigenvalue weighted by molar-refractivity contribution is 7.99. The van der Waals surface area contributed by atoms with Crippen LogP contribution in [0.25, 0.3) is 10.8 Å². The highest BCUT2D eigenvalue weighted by Crippen LogP contribution is 2.26. The van der Waals surface area contributed by atoms with Gasteiger partial charge in [-0.05, 0) is 29.6 Å². The molecular formula is C14H9ClFN3O2S2. The third kappa shape index (κ3) is 4.10. The van der Waals surface area contributed by atoms with Gasteiger partial charge in [-0.3, -0.25) is 4.79 Å². The Bertz CT molecular complexity index is 823. The minimum Gasteiger partial charge on any atom is -0.410 e. The number of hydrogen-bond acceptors (Lipinski definition) is 6. The van der Waals surface area contributed by atoms with Crippen LogP contribution >= 0.6 is 34.7 Å². The van der Waals surface area contributed by atoms with Gasteiger partial charge >= 0.3 is 0 Å².